The topological polar surface area (TPSA) is 121 Å². The second kappa shape index (κ2) is 9.31. The highest BCUT2D eigenvalue weighted by atomic mass is 35.5. The molecule has 3 N–H and O–H groups in total. The Labute approximate surface area is 180 Å². The van der Waals surface area contributed by atoms with Gasteiger partial charge in [0.1, 0.15) is 6.07 Å². The van der Waals surface area contributed by atoms with E-state index in [1.807, 2.05) is 13.1 Å². The van der Waals surface area contributed by atoms with E-state index >= 15 is 0 Å². The number of rotatable bonds is 1. The number of halogens is 2. The van der Waals surface area contributed by atoms with Gasteiger partial charge in [-0.05, 0) is 31.2 Å². The summed E-state index contributed by atoms with van der Waals surface area (Å²) in [6, 6.07) is 11.4. The van der Waals surface area contributed by atoms with Crippen LogP contribution in [0.25, 0.3) is 0 Å². The molecular weight excluding hydrogens is 409 g/mol. The van der Waals surface area contributed by atoms with Crippen molar-refractivity contribution < 1.29 is 5.11 Å². The van der Waals surface area contributed by atoms with Crippen LogP contribution in [0.2, 0.25) is 10.0 Å². The maximum absolute atomic E-state index is 9.97. The first kappa shape index (κ1) is 22.8. The Morgan fingerprint density at radius 1 is 1.28 bits per heavy atom. The predicted octanol–water partition coefficient (Wildman–Crippen LogP) is 3.35. The quantitative estimate of drug-likeness (QED) is 0.705. The van der Waals surface area contributed by atoms with Crippen molar-refractivity contribution >= 4 is 23.2 Å². The number of benzene rings is 1. The highest BCUT2D eigenvalue weighted by Crippen LogP contribution is 2.55. The van der Waals surface area contributed by atoms with Crippen LogP contribution in [-0.4, -0.2) is 36.8 Å². The minimum Gasteiger partial charge on any atom is -0.399 e. The fourth-order valence-electron chi connectivity index (χ4n) is 3.93. The number of likely N-dealkylation sites (N-methyl/N-ethyl adjacent to an activating group) is 1. The van der Waals surface area contributed by atoms with Crippen molar-refractivity contribution in [2.24, 2.45) is 17.1 Å². The molecule has 0 unspecified atom stereocenters. The molecule has 0 fully saturated rings. The zero-order chi connectivity index (χ0) is 21.8. The van der Waals surface area contributed by atoms with E-state index in [0.717, 1.165) is 5.57 Å². The van der Waals surface area contributed by atoms with Gasteiger partial charge in [-0.15, -0.1) is 0 Å². The van der Waals surface area contributed by atoms with Crippen LogP contribution < -0.4 is 5.73 Å². The fraction of sp³-hybridized carbons (Fsp3) is 0.381. The maximum atomic E-state index is 9.97. The summed E-state index contributed by atoms with van der Waals surface area (Å²) in [4.78, 5) is 2.07. The SMILES string of the molecule is CCO.CN1CC=C2C(C#N)=C(N)C(C#N)(C#N)[C@@H](c3cccc(Cl)c3Cl)[C@@H]2C1. The molecule has 1 aromatic carbocycles. The van der Waals surface area contributed by atoms with E-state index < -0.39 is 11.3 Å². The first-order chi connectivity index (χ1) is 13.8. The average Bonchev–Trinajstić information content (AvgIpc) is 2.70. The number of hydrogen-bond acceptors (Lipinski definition) is 6. The van der Waals surface area contributed by atoms with Crippen molar-refractivity contribution in [3.63, 3.8) is 0 Å². The van der Waals surface area contributed by atoms with Crippen LogP contribution in [-0.2, 0) is 0 Å². The van der Waals surface area contributed by atoms with Gasteiger partial charge in [0.05, 0.1) is 33.5 Å². The molecular formula is C21H21Cl2N5O. The summed E-state index contributed by atoms with van der Waals surface area (Å²) >= 11 is 12.6. The van der Waals surface area contributed by atoms with Crippen molar-refractivity contribution in [2.75, 3.05) is 26.7 Å². The summed E-state index contributed by atoms with van der Waals surface area (Å²) in [5.74, 6) is -0.902. The molecule has 0 saturated heterocycles. The molecule has 1 aromatic rings. The molecule has 3 rings (SSSR count). The molecule has 2 atom stereocenters. The minimum absolute atomic E-state index is 0.0157. The van der Waals surface area contributed by atoms with Crippen molar-refractivity contribution in [1.29, 1.82) is 15.8 Å². The second-order valence-electron chi connectivity index (χ2n) is 6.86. The number of fused-ring (bicyclic) bond motifs is 1. The lowest BCUT2D eigenvalue weighted by atomic mass is 9.58. The lowest BCUT2D eigenvalue weighted by Gasteiger charge is -2.45. The first-order valence-corrected chi connectivity index (χ1v) is 9.74. The molecule has 8 heteroatoms. The highest BCUT2D eigenvalue weighted by Gasteiger charge is 2.54. The lowest BCUT2D eigenvalue weighted by molar-refractivity contribution is 0.238. The largest absolute Gasteiger partial charge is 0.399 e. The number of aliphatic hydroxyl groups excluding tert-OH is 1. The van der Waals surface area contributed by atoms with E-state index in [2.05, 4.69) is 23.1 Å². The van der Waals surface area contributed by atoms with E-state index in [1.165, 1.54) is 0 Å². The van der Waals surface area contributed by atoms with Crippen LogP contribution in [0.5, 0.6) is 0 Å². The highest BCUT2D eigenvalue weighted by molar-refractivity contribution is 6.42. The molecule has 0 aromatic heterocycles. The number of aliphatic hydroxyl groups is 1. The number of hydrogen-bond donors (Lipinski definition) is 2. The Kier molecular flexibility index (Phi) is 7.31. The van der Waals surface area contributed by atoms with Crippen LogP contribution in [0.15, 0.2) is 41.1 Å². The van der Waals surface area contributed by atoms with Gasteiger partial charge in [-0.1, -0.05) is 41.4 Å². The summed E-state index contributed by atoms with van der Waals surface area (Å²) in [6.07, 6.45) is 1.93. The van der Waals surface area contributed by atoms with E-state index in [1.54, 1.807) is 25.1 Å². The smallest absolute Gasteiger partial charge is 0.191 e. The summed E-state index contributed by atoms with van der Waals surface area (Å²) in [5, 5.41) is 37.8. The molecule has 2 aliphatic rings. The molecule has 29 heavy (non-hydrogen) atoms. The Morgan fingerprint density at radius 3 is 2.45 bits per heavy atom. The van der Waals surface area contributed by atoms with Crippen molar-refractivity contribution in [3.05, 3.63) is 56.7 Å². The summed E-state index contributed by atoms with van der Waals surface area (Å²) < 4.78 is 0. The molecule has 0 saturated carbocycles. The van der Waals surface area contributed by atoms with Gasteiger partial charge in [0.15, 0.2) is 5.41 Å². The summed E-state index contributed by atoms with van der Waals surface area (Å²) in [7, 11) is 1.94. The van der Waals surface area contributed by atoms with Crippen LogP contribution in [0.3, 0.4) is 0 Å². The Morgan fingerprint density at radius 2 is 1.90 bits per heavy atom. The van der Waals surface area contributed by atoms with Gasteiger partial charge < -0.3 is 15.7 Å². The standard InChI is InChI=1S/C19H15Cl2N5.C2H6O/c1-26-6-5-11-13(7-22)18(25)19(9-23,10-24)16(14(11)8-26)12-3-2-4-15(20)17(12)21;1-2-3/h2-5,14,16H,6,8,25H2,1H3;3H,2H2,1H3/t14-,16+;/m1./s1. The number of nitrogens with zero attached hydrogens (tertiary/aromatic N) is 4. The van der Waals surface area contributed by atoms with Gasteiger partial charge in [0.2, 0.25) is 0 Å². The van der Waals surface area contributed by atoms with Gasteiger partial charge >= 0.3 is 0 Å². The lowest BCUT2D eigenvalue weighted by Crippen LogP contribution is -2.47. The number of nitriles is 3. The number of allylic oxidation sites excluding steroid dienone is 2. The van der Waals surface area contributed by atoms with Gasteiger partial charge in [-0.2, -0.15) is 15.8 Å². The molecule has 0 spiro atoms. The molecule has 1 aliphatic carbocycles. The minimum atomic E-state index is -1.69. The summed E-state index contributed by atoms with van der Waals surface area (Å²) in [6.45, 7) is 3.16. The third-order valence-corrected chi connectivity index (χ3v) is 6.00. The van der Waals surface area contributed by atoms with Crippen molar-refractivity contribution in [3.8, 4) is 18.2 Å². The maximum Gasteiger partial charge on any atom is 0.191 e. The molecule has 150 valence electrons. The first-order valence-electron chi connectivity index (χ1n) is 8.99. The van der Waals surface area contributed by atoms with Gasteiger partial charge in [0.25, 0.3) is 0 Å². The van der Waals surface area contributed by atoms with Crippen LogP contribution in [0.1, 0.15) is 18.4 Å². The Hall–Kier alpha value is -2.53. The molecule has 6 nitrogen and oxygen atoms in total. The Balaban J connectivity index is 0.000000941. The molecule has 0 bridgehead atoms. The molecule has 0 radical (unpaired) electrons. The molecule has 0 amide bonds. The molecule has 1 heterocycles. The van der Waals surface area contributed by atoms with Gasteiger partial charge in [-0.3, -0.25) is 0 Å². The van der Waals surface area contributed by atoms with Crippen LogP contribution in [0.4, 0.5) is 0 Å². The monoisotopic (exact) mass is 429 g/mol. The zero-order valence-corrected chi connectivity index (χ0v) is 17.7. The van der Waals surface area contributed by atoms with E-state index in [0.29, 0.717) is 28.7 Å². The predicted molar refractivity (Wildman–Crippen MR) is 112 cm³/mol. The zero-order valence-electron chi connectivity index (χ0n) is 16.2. The van der Waals surface area contributed by atoms with E-state index in [4.69, 9.17) is 34.0 Å². The van der Waals surface area contributed by atoms with E-state index in [9.17, 15) is 15.8 Å². The third-order valence-electron chi connectivity index (χ3n) is 5.16. The average molecular weight is 430 g/mol. The summed E-state index contributed by atoms with van der Waals surface area (Å²) in [5.41, 5.74) is 6.10. The fourth-order valence-corrected chi connectivity index (χ4v) is 4.35. The van der Waals surface area contributed by atoms with Crippen molar-refractivity contribution in [1.82, 2.24) is 4.90 Å². The van der Waals surface area contributed by atoms with Crippen molar-refractivity contribution in [2.45, 2.75) is 12.8 Å². The van der Waals surface area contributed by atoms with Crippen LogP contribution >= 0.6 is 23.2 Å². The number of nitrogens with two attached hydrogens (primary N) is 1. The molecule has 1 aliphatic heterocycles. The van der Waals surface area contributed by atoms with Gasteiger partial charge in [-0.25, -0.2) is 0 Å². The normalized spacial score (nSPS) is 22.8. The van der Waals surface area contributed by atoms with E-state index in [-0.39, 0.29) is 23.8 Å². The third kappa shape index (κ3) is 3.84. The Bertz CT molecular complexity index is 966. The second-order valence-corrected chi connectivity index (χ2v) is 7.64. The van der Waals surface area contributed by atoms with Gasteiger partial charge in [0, 0.05) is 31.5 Å². The van der Waals surface area contributed by atoms with Crippen LogP contribution in [0, 0.1) is 45.3 Å².